The highest BCUT2D eigenvalue weighted by Gasteiger charge is 2.32. The Morgan fingerprint density at radius 3 is 2.85 bits per heavy atom. The number of anilines is 1. The second-order valence-electron chi connectivity index (χ2n) is 5.89. The first-order valence-electron chi connectivity index (χ1n) is 7.77. The van der Waals surface area contributed by atoms with Crippen LogP contribution in [0.4, 0.5) is 5.69 Å². The Bertz CT molecular complexity index is 423. The number of aromatic hydroxyl groups is 1. The average molecular weight is 293 g/mol. The molecule has 1 heterocycles. The van der Waals surface area contributed by atoms with E-state index >= 15 is 0 Å². The molecule has 20 heavy (non-hydrogen) atoms. The Hall–Kier alpha value is -0.830. The van der Waals surface area contributed by atoms with Crippen molar-refractivity contribution < 1.29 is 5.11 Å². The zero-order chi connectivity index (χ0) is 14.5. The van der Waals surface area contributed by atoms with Gasteiger partial charge in [0.05, 0.1) is 0 Å². The molecule has 1 aliphatic rings. The zero-order valence-electron chi connectivity index (χ0n) is 12.9. The predicted octanol–water partition coefficient (Wildman–Crippen LogP) is 4.39. The molecular weight excluding hydrogens is 266 g/mol. The van der Waals surface area contributed by atoms with Gasteiger partial charge < -0.3 is 10.0 Å². The third-order valence-corrected chi connectivity index (χ3v) is 5.59. The first-order valence-corrected chi connectivity index (χ1v) is 8.92. The normalized spacial score (nSPS) is 26.8. The van der Waals surface area contributed by atoms with Crippen LogP contribution in [-0.4, -0.2) is 29.2 Å². The molecule has 1 aliphatic heterocycles. The lowest BCUT2D eigenvalue weighted by Gasteiger charge is -2.45. The molecule has 0 bridgehead atoms. The van der Waals surface area contributed by atoms with Crippen molar-refractivity contribution in [2.24, 2.45) is 11.8 Å². The standard InChI is InChI=1S/C17H27NOS/c1-4-20-11-9-17-14(3)13(2)8-10-18(17)15-6-5-7-16(19)12-15/h5-7,12-14,17,19H,4,8-11H2,1-3H3. The lowest BCUT2D eigenvalue weighted by atomic mass is 9.80. The molecule has 1 fully saturated rings. The molecule has 0 saturated carbocycles. The minimum atomic E-state index is 0.371. The number of phenols is 1. The average Bonchev–Trinajstić information content (AvgIpc) is 2.44. The summed E-state index contributed by atoms with van der Waals surface area (Å²) in [7, 11) is 0. The molecule has 3 unspecified atom stereocenters. The van der Waals surface area contributed by atoms with E-state index in [0.29, 0.717) is 17.7 Å². The number of benzene rings is 1. The molecule has 1 aromatic rings. The Kier molecular flexibility index (Phi) is 5.64. The SMILES string of the molecule is CCSCCC1C(C)C(C)CCN1c1cccc(O)c1. The van der Waals surface area contributed by atoms with E-state index in [1.165, 1.54) is 30.0 Å². The zero-order valence-corrected chi connectivity index (χ0v) is 13.7. The minimum Gasteiger partial charge on any atom is -0.508 e. The van der Waals surface area contributed by atoms with Crippen molar-refractivity contribution in [2.75, 3.05) is 23.0 Å². The van der Waals surface area contributed by atoms with E-state index in [2.05, 4.69) is 31.7 Å². The van der Waals surface area contributed by atoms with Gasteiger partial charge in [0.2, 0.25) is 0 Å². The molecule has 0 aromatic heterocycles. The van der Waals surface area contributed by atoms with Crippen LogP contribution in [0.25, 0.3) is 0 Å². The van der Waals surface area contributed by atoms with Gasteiger partial charge in [-0.15, -0.1) is 0 Å². The molecule has 1 N–H and O–H groups in total. The molecule has 0 spiro atoms. The van der Waals surface area contributed by atoms with Gasteiger partial charge in [-0.1, -0.05) is 26.8 Å². The van der Waals surface area contributed by atoms with E-state index in [-0.39, 0.29) is 0 Å². The number of rotatable bonds is 5. The van der Waals surface area contributed by atoms with E-state index in [0.717, 1.165) is 12.5 Å². The Balaban J connectivity index is 2.15. The van der Waals surface area contributed by atoms with E-state index in [1.807, 2.05) is 23.9 Å². The fourth-order valence-electron chi connectivity index (χ4n) is 3.19. The highest BCUT2D eigenvalue weighted by molar-refractivity contribution is 7.99. The Morgan fingerprint density at radius 2 is 2.15 bits per heavy atom. The van der Waals surface area contributed by atoms with Gasteiger partial charge in [-0.3, -0.25) is 0 Å². The van der Waals surface area contributed by atoms with Crippen LogP contribution in [0.3, 0.4) is 0 Å². The fourth-order valence-corrected chi connectivity index (χ4v) is 3.89. The molecule has 3 heteroatoms. The number of nitrogens with zero attached hydrogens (tertiary/aromatic N) is 1. The number of hydrogen-bond acceptors (Lipinski definition) is 3. The summed E-state index contributed by atoms with van der Waals surface area (Å²) in [6.45, 7) is 8.10. The van der Waals surface area contributed by atoms with Crippen molar-refractivity contribution in [2.45, 2.75) is 39.7 Å². The summed E-state index contributed by atoms with van der Waals surface area (Å²) in [6.07, 6.45) is 2.48. The molecule has 3 atom stereocenters. The number of phenolic OH excluding ortho intramolecular Hbond substituents is 1. The highest BCUT2D eigenvalue weighted by Crippen LogP contribution is 2.35. The first-order chi connectivity index (χ1) is 9.63. The first kappa shape index (κ1) is 15.6. The minimum absolute atomic E-state index is 0.371. The van der Waals surface area contributed by atoms with Gasteiger partial charge in [0.15, 0.2) is 0 Å². The molecule has 0 amide bonds. The third-order valence-electron chi connectivity index (χ3n) is 4.65. The summed E-state index contributed by atoms with van der Waals surface area (Å²) >= 11 is 2.03. The van der Waals surface area contributed by atoms with Crippen molar-refractivity contribution in [1.82, 2.24) is 0 Å². The second kappa shape index (κ2) is 7.26. The van der Waals surface area contributed by atoms with Gasteiger partial charge in [-0.2, -0.15) is 11.8 Å². The third kappa shape index (κ3) is 3.63. The van der Waals surface area contributed by atoms with Crippen LogP contribution in [0.15, 0.2) is 24.3 Å². The van der Waals surface area contributed by atoms with E-state index in [9.17, 15) is 5.11 Å². The quantitative estimate of drug-likeness (QED) is 0.815. The molecule has 1 aromatic carbocycles. The Morgan fingerprint density at radius 1 is 1.35 bits per heavy atom. The lowest BCUT2D eigenvalue weighted by molar-refractivity contribution is 0.250. The van der Waals surface area contributed by atoms with Crippen molar-refractivity contribution in [3.8, 4) is 5.75 Å². The van der Waals surface area contributed by atoms with Gasteiger partial charge in [0.25, 0.3) is 0 Å². The lowest BCUT2D eigenvalue weighted by Crippen LogP contribution is -2.48. The summed E-state index contributed by atoms with van der Waals surface area (Å²) in [5.41, 5.74) is 1.18. The van der Waals surface area contributed by atoms with Gasteiger partial charge in [-0.05, 0) is 48.3 Å². The van der Waals surface area contributed by atoms with Crippen molar-refractivity contribution in [3.05, 3.63) is 24.3 Å². The maximum Gasteiger partial charge on any atom is 0.117 e. The second-order valence-corrected chi connectivity index (χ2v) is 7.29. The summed E-state index contributed by atoms with van der Waals surface area (Å²) in [6, 6.07) is 8.33. The molecule has 0 aliphatic carbocycles. The predicted molar refractivity (Wildman–Crippen MR) is 89.8 cm³/mol. The summed E-state index contributed by atoms with van der Waals surface area (Å²) in [5, 5.41) is 9.73. The molecular formula is C17H27NOS. The number of piperidine rings is 1. The topological polar surface area (TPSA) is 23.5 Å². The highest BCUT2D eigenvalue weighted by atomic mass is 32.2. The summed E-state index contributed by atoms with van der Waals surface area (Å²) in [4.78, 5) is 2.51. The molecule has 0 radical (unpaired) electrons. The smallest absolute Gasteiger partial charge is 0.117 e. The van der Waals surface area contributed by atoms with Gasteiger partial charge >= 0.3 is 0 Å². The van der Waals surface area contributed by atoms with E-state index in [4.69, 9.17) is 0 Å². The monoisotopic (exact) mass is 293 g/mol. The maximum absolute atomic E-state index is 9.73. The van der Waals surface area contributed by atoms with Gasteiger partial charge in [-0.25, -0.2) is 0 Å². The summed E-state index contributed by atoms with van der Waals surface area (Å²) < 4.78 is 0. The molecule has 2 rings (SSSR count). The van der Waals surface area contributed by atoms with Gasteiger partial charge in [0, 0.05) is 24.3 Å². The van der Waals surface area contributed by atoms with E-state index < -0.39 is 0 Å². The van der Waals surface area contributed by atoms with Crippen LogP contribution in [0.2, 0.25) is 0 Å². The number of thioether (sulfide) groups is 1. The van der Waals surface area contributed by atoms with Crippen LogP contribution in [0, 0.1) is 11.8 Å². The van der Waals surface area contributed by atoms with Crippen molar-refractivity contribution >= 4 is 17.4 Å². The van der Waals surface area contributed by atoms with Crippen LogP contribution in [0.5, 0.6) is 5.75 Å². The largest absolute Gasteiger partial charge is 0.508 e. The fraction of sp³-hybridized carbons (Fsp3) is 0.647. The van der Waals surface area contributed by atoms with Gasteiger partial charge in [0.1, 0.15) is 5.75 Å². The van der Waals surface area contributed by atoms with Crippen molar-refractivity contribution in [1.29, 1.82) is 0 Å². The van der Waals surface area contributed by atoms with Crippen LogP contribution < -0.4 is 4.90 Å². The Labute approximate surface area is 127 Å². The van der Waals surface area contributed by atoms with Crippen LogP contribution in [0.1, 0.15) is 33.6 Å². The van der Waals surface area contributed by atoms with Crippen LogP contribution >= 0.6 is 11.8 Å². The van der Waals surface area contributed by atoms with E-state index in [1.54, 1.807) is 6.07 Å². The van der Waals surface area contributed by atoms with Crippen molar-refractivity contribution in [3.63, 3.8) is 0 Å². The molecule has 2 nitrogen and oxygen atoms in total. The van der Waals surface area contributed by atoms with Crippen LogP contribution in [-0.2, 0) is 0 Å². The molecule has 112 valence electrons. The number of hydrogen-bond donors (Lipinski definition) is 1. The maximum atomic E-state index is 9.73. The molecule has 1 saturated heterocycles. The summed E-state index contributed by atoms with van der Waals surface area (Å²) in [5.74, 6) is 4.30.